The zero-order chi connectivity index (χ0) is 14.3. The number of halogens is 6. The van der Waals surface area contributed by atoms with Gasteiger partial charge in [-0.05, 0) is 12.5 Å². The molecule has 9 heteroatoms. The Morgan fingerprint density at radius 3 is 2.26 bits per heavy atom. The highest BCUT2D eigenvalue weighted by Gasteiger charge is 2.42. The maximum absolute atomic E-state index is 12.6. The molecule has 1 atom stereocenters. The maximum atomic E-state index is 12.6. The molecule has 0 spiro atoms. The number of allylic oxidation sites excluding steroid dienone is 4. The molecule has 0 bridgehead atoms. The van der Waals surface area contributed by atoms with Gasteiger partial charge in [0.15, 0.2) is 0 Å². The van der Waals surface area contributed by atoms with E-state index in [1.54, 1.807) is 0 Å². The first kappa shape index (κ1) is 13.6. The topological polar surface area (TPSA) is 41.6 Å². The fraction of sp³-hybridized carbons (Fsp3) is 0.400. The predicted molar refractivity (Wildman–Crippen MR) is 52.0 cm³/mol. The van der Waals surface area contributed by atoms with E-state index in [2.05, 4.69) is 15.2 Å². The SMILES string of the molecule is FC(F)(F)C1=CC(c2ncn[nH]2)CC(C(F)(F)F)=C1. The van der Waals surface area contributed by atoms with Crippen molar-refractivity contribution in [3.8, 4) is 0 Å². The largest absolute Gasteiger partial charge is 0.416 e. The molecule has 1 aliphatic carbocycles. The molecule has 0 aliphatic heterocycles. The third-order valence-corrected chi connectivity index (χ3v) is 2.63. The zero-order valence-corrected chi connectivity index (χ0v) is 9.18. The molecule has 0 fully saturated rings. The monoisotopic (exact) mass is 283 g/mol. The lowest BCUT2D eigenvalue weighted by atomic mass is 9.89. The Morgan fingerprint density at radius 1 is 1.11 bits per heavy atom. The van der Waals surface area contributed by atoms with Crippen LogP contribution in [0.1, 0.15) is 18.2 Å². The summed E-state index contributed by atoms with van der Waals surface area (Å²) in [5.74, 6) is -1.16. The summed E-state index contributed by atoms with van der Waals surface area (Å²) in [4.78, 5) is 3.60. The van der Waals surface area contributed by atoms with Gasteiger partial charge in [-0.15, -0.1) is 0 Å². The van der Waals surface area contributed by atoms with Crippen molar-refractivity contribution in [3.63, 3.8) is 0 Å². The van der Waals surface area contributed by atoms with Gasteiger partial charge in [-0.25, -0.2) is 4.98 Å². The number of alkyl halides is 6. The van der Waals surface area contributed by atoms with E-state index >= 15 is 0 Å². The molecule has 19 heavy (non-hydrogen) atoms. The number of nitrogens with one attached hydrogen (secondary N) is 1. The lowest BCUT2D eigenvalue weighted by Gasteiger charge is -2.23. The molecule has 0 amide bonds. The number of rotatable bonds is 1. The highest BCUT2D eigenvalue weighted by Crippen LogP contribution is 2.42. The molecule has 1 heterocycles. The van der Waals surface area contributed by atoms with Crippen LogP contribution in [0.15, 0.2) is 29.6 Å². The van der Waals surface area contributed by atoms with E-state index in [-0.39, 0.29) is 11.9 Å². The molecular weight excluding hydrogens is 276 g/mol. The smallest absolute Gasteiger partial charge is 0.263 e. The molecule has 1 aromatic heterocycles. The Labute approximate surface area is 103 Å². The van der Waals surface area contributed by atoms with Crippen LogP contribution in [0.2, 0.25) is 0 Å². The third-order valence-electron chi connectivity index (χ3n) is 2.63. The van der Waals surface area contributed by atoms with E-state index in [1.165, 1.54) is 0 Å². The fourth-order valence-electron chi connectivity index (χ4n) is 1.75. The normalized spacial score (nSPS) is 21.1. The van der Waals surface area contributed by atoms with Crippen molar-refractivity contribution in [2.75, 3.05) is 0 Å². The quantitative estimate of drug-likeness (QED) is 0.804. The number of aromatic amines is 1. The van der Waals surface area contributed by atoms with Gasteiger partial charge in [-0.2, -0.15) is 31.4 Å². The average molecular weight is 283 g/mol. The number of hydrogen-bond acceptors (Lipinski definition) is 2. The second-order valence-electron chi connectivity index (χ2n) is 3.97. The number of nitrogens with zero attached hydrogens (tertiary/aromatic N) is 2. The second kappa shape index (κ2) is 4.39. The van der Waals surface area contributed by atoms with Crippen molar-refractivity contribution in [2.45, 2.75) is 24.7 Å². The molecule has 1 unspecified atom stereocenters. The molecule has 0 saturated heterocycles. The van der Waals surface area contributed by atoms with Gasteiger partial charge in [-0.1, -0.05) is 6.08 Å². The van der Waals surface area contributed by atoms with E-state index in [1.807, 2.05) is 0 Å². The minimum atomic E-state index is -4.84. The van der Waals surface area contributed by atoms with E-state index < -0.39 is 35.8 Å². The van der Waals surface area contributed by atoms with Gasteiger partial charge >= 0.3 is 12.4 Å². The van der Waals surface area contributed by atoms with Crippen molar-refractivity contribution >= 4 is 0 Å². The van der Waals surface area contributed by atoms with Crippen molar-refractivity contribution in [1.82, 2.24) is 15.2 Å². The Hall–Kier alpha value is -1.80. The maximum Gasteiger partial charge on any atom is 0.416 e. The van der Waals surface area contributed by atoms with Crippen molar-refractivity contribution in [3.05, 3.63) is 35.4 Å². The lowest BCUT2D eigenvalue weighted by molar-refractivity contribution is -0.0992. The van der Waals surface area contributed by atoms with Gasteiger partial charge in [0.25, 0.3) is 0 Å². The third kappa shape index (κ3) is 2.96. The molecule has 3 nitrogen and oxygen atoms in total. The summed E-state index contributed by atoms with van der Waals surface area (Å²) in [7, 11) is 0. The summed E-state index contributed by atoms with van der Waals surface area (Å²) in [5.41, 5.74) is -2.56. The molecule has 1 N–H and O–H groups in total. The van der Waals surface area contributed by atoms with Gasteiger partial charge in [0.05, 0.1) is 5.57 Å². The van der Waals surface area contributed by atoms with E-state index in [9.17, 15) is 26.3 Å². The molecule has 104 valence electrons. The van der Waals surface area contributed by atoms with Gasteiger partial charge in [0.2, 0.25) is 0 Å². The number of aromatic nitrogens is 3. The van der Waals surface area contributed by atoms with Crippen molar-refractivity contribution in [1.29, 1.82) is 0 Å². The Balaban J connectivity index is 2.41. The first-order valence-electron chi connectivity index (χ1n) is 5.10. The molecule has 0 saturated carbocycles. The predicted octanol–water partition coefficient (Wildman–Crippen LogP) is 3.27. The summed E-state index contributed by atoms with van der Waals surface area (Å²) >= 11 is 0. The first-order chi connectivity index (χ1) is 8.68. The van der Waals surface area contributed by atoms with Gasteiger partial charge in [0.1, 0.15) is 12.2 Å². The number of H-pyrrole nitrogens is 1. The molecule has 0 radical (unpaired) electrons. The van der Waals surface area contributed by atoms with Crippen LogP contribution in [0.25, 0.3) is 0 Å². The van der Waals surface area contributed by atoms with Crippen LogP contribution in [-0.2, 0) is 0 Å². The van der Waals surface area contributed by atoms with Crippen molar-refractivity contribution in [2.24, 2.45) is 0 Å². The minimum Gasteiger partial charge on any atom is -0.263 e. The fourth-order valence-corrected chi connectivity index (χ4v) is 1.75. The van der Waals surface area contributed by atoms with Crippen LogP contribution < -0.4 is 0 Å². The number of hydrogen-bond donors (Lipinski definition) is 1. The zero-order valence-electron chi connectivity index (χ0n) is 9.18. The summed E-state index contributed by atoms with van der Waals surface area (Å²) in [6.07, 6.45) is -8.36. The lowest BCUT2D eigenvalue weighted by Crippen LogP contribution is -2.22. The standard InChI is InChI=1S/C10H7F6N3/c11-9(12,13)6-1-5(8-17-4-18-19-8)2-7(3-6)10(14,15)16/h1,3-5H,2H2,(H,17,18,19). The Kier molecular flexibility index (Phi) is 3.15. The molecule has 0 aromatic carbocycles. The first-order valence-corrected chi connectivity index (χ1v) is 5.10. The van der Waals surface area contributed by atoms with E-state index in [0.29, 0.717) is 0 Å². The van der Waals surface area contributed by atoms with Gasteiger partial charge < -0.3 is 0 Å². The highest BCUT2D eigenvalue weighted by molar-refractivity contribution is 5.37. The van der Waals surface area contributed by atoms with E-state index in [0.717, 1.165) is 12.4 Å². The summed E-state index contributed by atoms with van der Waals surface area (Å²) in [6, 6.07) is 0. The van der Waals surface area contributed by atoms with Crippen LogP contribution in [0.5, 0.6) is 0 Å². The molecule has 2 rings (SSSR count). The summed E-state index contributed by atoms with van der Waals surface area (Å²) in [6.45, 7) is 0. The molecule has 1 aromatic rings. The van der Waals surface area contributed by atoms with Crippen LogP contribution >= 0.6 is 0 Å². The van der Waals surface area contributed by atoms with Crippen LogP contribution in [0.4, 0.5) is 26.3 Å². The average Bonchev–Trinajstić information content (AvgIpc) is 2.79. The summed E-state index contributed by atoms with van der Waals surface area (Å²) < 4.78 is 75.6. The van der Waals surface area contributed by atoms with Gasteiger partial charge in [0, 0.05) is 11.5 Å². The highest BCUT2D eigenvalue weighted by atomic mass is 19.4. The van der Waals surface area contributed by atoms with Crippen LogP contribution in [0.3, 0.4) is 0 Å². The van der Waals surface area contributed by atoms with Crippen molar-refractivity contribution < 1.29 is 26.3 Å². The molecular formula is C10H7F6N3. The second-order valence-corrected chi connectivity index (χ2v) is 3.97. The Morgan fingerprint density at radius 2 is 1.79 bits per heavy atom. The van der Waals surface area contributed by atoms with Gasteiger partial charge in [-0.3, -0.25) is 5.10 Å². The van der Waals surface area contributed by atoms with E-state index in [4.69, 9.17) is 0 Å². The minimum absolute atomic E-state index is 0.0309. The Bertz CT molecular complexity index is 508. The summed E-state index contributed by atoms with van der Waals surface area (Å²) in [5, 5.41) is 5.71. The van der Waals surface area contributed by atoms with Crippen LogP contribution in [-0.4, -0.2) is 27.5 Å². The molecule has 1 aliphatic rings. The van der Waals surface area contributed by atoms with Crippen LogP contribution in [0, 0.1) is 0 Å².